The lowest BCUT2D eigenvalue weighted by molar-refractivity contribution is 0.139. The van der Waals surface area contributed by atoms with Crippen LogP contribution in [0.4, 0.5) is 4.79 Å². The largest absolute Gasteiger partial charge is 0.445 e. The number of unbranched alkanes of at least 4 members (excludes halogenated alkanes) is 3. The Balaban J connectivity index is 1.47. The maximum Gasteiger partial charge on any atom is 0.407 e. The molecule has 0 aliphatic carbocycles. The minimum absolute atomic E-state index is 0.316. The third-order valence-corrected chi connectivity index (χ3v) is 4.49. The van der Waals surface area contributed by atoms with Crippen LogP contribution in [0.1, 0.15) is 43.7 Å². The number of carbonyl (C=O) groups is 1. The van der Waals surface area contributed by atoms with Crippen LogP contribution in [0.3, 0.4) is 0 Å². The SMILES string of the molecule is CCN(CCCCCCNC(=O)OCc1ccccc1)Cc1ccncc1. The molecule has 0 bridgehead atoms. The van der Waals surface area contributed by atoms with Gasteiger partial charge in [0.25, 0.3) is 0 Å². The Labute approximate surface area is 162 Å². The summed E-state index contributed by atoms with van der Waals surface area (Å²) in [6.45, 7) is 6.32. The maximum atomic E-state index is 11.7. The molecule has 5 heteroatoms. The van der Waals surface area contributed by atoms with Gasteiger partial charge in [0.15, 0.2) is 0 Å². The molecule has 0 aliphatic rings. The van der Waals surface area contributed by atoms with E-state index in [2.05, 4.69) is 34.3 Å². The van der Waals surface area contributed by atoms with Gasteiger partial charge in [0.05, 0.1) is 0 Å². The van der Waals surface area contributed by atoms with Gasteiger partial charge in [0.1, 0.15) is 6.61 Å². The second kappa shape index (κ2) is 12.9. The van der Waals surface area contributed by atoms with Crippen LogP contribution in [0.25, 0.3) is 0 Å². The molecule has 0 spiro atoms. The molecule has 2 rings (SSSR count). The van der Waals surface area contributed by atoms with Gasteiger partial charge in [0, 0.05) is 25.5 Å². The van der Waals surface area contributed by atoms with E-state index in [1.807, 2.05) is 42.7 Å². The second-order valence-electron chi connectivity index (χ2n) is 6.63. The molecule has 146 valence electrons. The number of pyridine rings is 1. The van der Waals surface area contributed by atoms with E-state index in [1.54, 1.807) is 0 Å². The minimum atomic E-state index is -0.339. The Hall–Kier alpha value is -2.40. The van der Waals surface area contributed by atoms with Crippen LogP contribution in [0.15, 0.2) is 54.9 Å². The number of benzene rings is 1. The van der Waals surface area contributed by atoms with Crippen LogP contribution in [0.5, 0.6) is 0 Å². The summed E-state index contributed by atoms with van der Waals surface area (Å²) in [4.78, 5) is 18.2. The van der Waals surface area contributed by atoms with Crippen molar-refractivity contribution in [1.82, 2.24) is 15.2 Å². The zero-order chi connectivity index (χ0) is 19.2. The zero-order valence-electron chi connectivity index (χ0n) is 16.3. The molecule has 27 heavy (non-hydrogen) atoms. The first kappa shape index (κ1) is 20.9. The van der Waals surface area contributed by atoms with Crippen molar-refractivity contribution in [3.63, 3.8) is 0 Å². The lowest BCUT2D eigenvalue weighted by Crippen LogP contribution is -2.25. The predicted molar refractivity (Wildman–Crippen MR) is 108 cm³/mol. The number of rotatable bonds is 12. The van der Waals surface area contributed by atoms with E-state index in [-0.39, 0.29) is 6.09 Å². The van der Waals surface area contributed by atoms with Crippen molar-refractivity contribution in [2.45, 2.75) is 45.8 Å². The van der Waals surface area contributed by atoms with Crippen molar-refractivity contribution in [2.24, 2.45) is 0 Å². The Bertz CT molecular complexity index is 635. The van der Waals surface area contributed by atoms with Gasteiger partial charge in [-0.05, 0) is 49.2 Å². The molecule has 1 amide bonds. The first-order valence-electron chi connectivity index (χ1n) is 9.83. The number of ether oxygens (including phenoxy) is 1. The lowest BCUT2D eigenvalue weighted by atomic mass is 10.1. The zero-order valence-corrected chi connectivity index (χ0v) is 16.3. The van der Waals surface area contributed by atoms with Crippen LogP contribution in [0.2, 0.25) is 0 Å². The fourth-order valence-corrected chi connectivity index (χ4v) is 2.87. The van der Waals surface area contributed by atoms with Crippen molar-refractivity contribution < 1.29 is 9.53 Å². The van der Waals surface area contributed by atoms with E-state index < -0.39 is 0 Å². The Kier molecular flexibility index (Phi) is 9.97. The molecule has 2 aromatic rings. The topological polar surface area (TPSA) is 54.5 Å². The first-order chi connectivity index (χ1) is 13.3. The number of nitrogens with zero attached hydrogens (tertiary/aromatic N) is 2. The average molecular weight is 370 g/mol. The van der Waals surface area contributed by atoms with Crippen molar-refractivity contribution in [3.05, 3.63) is 66.0 Å². The third kappa shape index (κ3) is 9.20. The molecule has 0 aliphatic heterocycles. The second-order valence-corrected chi connectivity index (χ2v) is 6.63. The summed E-state index contributed by atoms with van der Waals surface area (Å²) in [6, 6.07) is 13.9. The molecule has 0 saturated heterocycles. The highest BCUT2D eigenvalue weighted by Gasteiger charge is 2.04. The molecule has 0 radical (unpaired) electrons. The Morgan fingerprint density at radius 3 is 2.48 bits per heavy atom. The van der Waals surface area contributed by atoms with E-state index >= 15 is 0 Å². The number of nitrogens with one attached hydrogen (secondary N) is 1. The monoisotopic (exact) mass is 369 g/mol. The highest BCUT2D eigenvalue weighted by Crippen LogP contribution is 2.07. The average Bonchev–Trinajstić information content (AvgIpc) is 2.72. The van der Waals surface area contributed by atoms with Crippen molar-refractivity contribution in [3.8, 4) is 0 Å². The first-order valence-corrected chi connectivity index (χ1v) is 9.83. The molecule has 1 aromatic carbocycles. The summed E-state index contributed by atoms with van der Waals surface area (Å²) < 4.78 is 5.20. The summed E-state index contributed by atoms with van der Waals surface area (Å²) >= 11 is 0. The van der Waals surface area contributed by atoms with Crippen molar-refractivity contribution >= 4 is 6.09 Å². The molecule has 1 heterocycles. The summed E-state index contributed by atoms with van der Waals surface area (Å²) in [5.41, 5.74) is 2.31. The predicted octanol–water partition coefficient (Wildman–Crippen LogP) is 4.39. The molecule has 0 atom stereocenters. The Morgan fingerprint density at radius 1 is 1.00 bits per heavy atom. The fraction of sp³-hybridized carbons (Fsp3) is 0.455. The summed E-state index contributed by atoms with van der Waals surface area (Å²) in [5, 5.41) is 2.82. The van der Waals surface area contributed by atoms with Crippen LogP contribution in [-0.2, 0) is 17.9 Å². The number of carbonyl (C=O) groups excluding carboxylic acids is 1. The highest BCUT2D eigenvalue weighted by molar-refractivity contribution is 5.67. The smallest absolute Gasteiger partial charge is 0.407 e. The van der Waals surface area contributed by atoms with Gasteiger partial charge in [-0.25, -0.2) is 4.79 Å². The van der Waals surface area contributed by atoms with Crippen molar-refractivity contribution in [2.75, 3.05) is 19.6 Å². The van der Waals surface area contributed by atoms with Gasteiger partial charge in [-0.15, -0.1) is 0 Å². The molecule has 1 N–H and O–H groups in total. The van der Waals surface area contributed by atoms with Gasteiger partial charge in [-0.3, -0.25) is 9.88 Å². The number of aromatic nitrogens is 1. The van der Waals surface area contributed by atoms with E-state index in [0.717, 1.165) is 38.0 Å². The quantitative estimate of drug-likeness (QED) is 0.564. The normalized spacial score (nSPS) is 10.7. The van der Waals surface area contributed by atoms with Gasteiger partial charge in [-0.2, -0.15) is 0 Å². The van der Waals surface area contributed by atoms with E-state index in [4.69, 9.17) is 4.74 Å². The molecule has 5 nitrogen and oxygen atoms in total. The summed E-state index contributed by atoms with van der Waals surface area (Å²) in [7, 11) is 0. The van der Waals surface area contributed by atoms with Crippen LogP contribution in [-0.4, -0.2) is 35.6 Å². The van der Waals surface area contributed by atoms with Gasteiger partial charge in [-0.1, -0.05) is 50.1 Å². The van der Waals surface area contributed by atoms with E-state index in [0.29, 0.717) is 13.2 Å². The lowest BCUT2D eigenvalue weighted by Gasteiger charge is -2.20. The number of alkyl carbamates (subject to hydrolysis) is 1. The highest BCUT2D eigenvalue weighted by atomic mass is 16.5. The van der Waals surface area contributed by atoms with Crippen molar-refractivity contribution in [1.29, 1.82) is 0 Å². The van der Waals surface area contributed by atoms with Gasteiger partial charge in [0.2, 0.25) is 0 Å². The van der Waals surface area contributed by atoms with E-state index in [9.17, 15) is 4.79 Å². The van der Waals surface area contributed by atoms with Crippen LogP contribution >= 0.6 is 0 Å². The standard InChI is InChI=1S/C22H31N3O2/c1-2-25(18-20-12-15-23-16-13-20)17-9-4-3-8-14-24-22(26)27-19-21-10-6-5-7-11-21/h5-7,10-13,15-16H,2-4,8-9,14,17-19H2,1H3,(H,24,26). The van der Waals surface area contributed by atoms with Gasteiger partial charge >= 0.3 is 6.09 Å². The summed E-state index contributed by atoms with van der Waals surface area (Å²) in [6.07, 6.45) is 7.81. The third-order valence-electron chi connectivity index (χ3n) is 4.49. The minimum Gasteiger partial charge on any atom is -0.445 e. The van der Waals surface area contributed by atoms with Crippen LogP contribution in [0, 0.1) is 0 Å². The molecular formula is C22H31N3O2. The molecule has 0 fully saturated rings. The summed E-state index contributed by atoms with van der Waals surface area (Å²) in [5.74, 6) is 0. The molecule has 0 unspecified atom stereocenters. The van der Waals surface area contributed by atoms with E-state index in [1.165, 1.54) is 18.4 Å². The van der Waals surface area contributed by atoms with Gasteiger partial charge < -0.3 is 10.1 Å². The Morgan fingerprint density at radius 2 is 1.74 bits per heavy atom. The molecular weight excluding hydrogens is 338 g/mol. The number of hydrogen-bond donors (Lipinski definition) is 1. The molecule has 1 aromatic heterocycles. The number of amides is 1. The van der Waals surface area contributed by atoms with Crippen LogP contribution < -0.4 is 5.32 Å². The number of hydrogen-bond acceptors (Lipinski definition) is 4. The molecule has 0 saturated carbocycles. The maximum absolute atomic E-state index is 11.7. The fourth-order valence-electron chi connectivity index (χ4n) is 2.87.